The molecule has 0 spiro atoms. The monoisotopic (exact) mass is 409 g/mol. The summed E-state index contributed by atoms with van der Waals surface area (Å²) in [4.78, 5) is 2.37. The van der Waals surface area contributed by atoms with Crippen molar-refractivity contribution in [2.24, 2.45) is 5.92 Å². The lowest BCUT2D eigenvalue weighted by molar-refractivity contribution is 0.168. The van der Waals surface area contributed by atoms with Gasteiger partial charge in [-0.2, -0.15) is 0 Å². The van der Waals surface area contributed by atoms with E-state index in [1.807, 2.05) is 36.4 Å². The third kappa shape index (κ3) is 4.19. The molecule has 0 amide bonds. The van der Waals surface area contributed by atoms with Crippen LogP contribution in [0.4, 0.5) is 0 Å². The first kappa shape index (κ1) is 20.3. The fraction of sp³-hybridized carbons (Fsp3) is 0.429. The number of hydrogen-bond acceptors (Lipinski definition) is 4. The molecule has 1 heterocycles. The van der Waals surface area contributed by atoms with Gasteiger partial charge in [0.1, 0.15) is 11.5 Å². The molecular weight excluding hydrogens is 385 g/mol. The van der Waals surface area contributed by atoms with Crippen LogP contribution in [0.1, 0.15) is 24.0 Å². The van der Waals surface area contributed by atoms with Crippen molar-refractivity contribution < 1.29 is 14.6 Å². The average Bonchev–Trinajstić information content (AvgIpc) is 2.99. The van der Waals surface area contributed by atoms with Gasteiger partial charge in [-0.05, 0) is 30.7 Å². The number of hydrogen-bond donors (Lipinski definition) is 1. The molecule has 3 atom stereocenters. The van der Waals surface area contributed by atoms with Gasteiger partial charge in [0.25, 0.3) is 0 Å². The Labute approximate surface area is 170 Å². The van der Waals surface area contributed by atoms with Gasteiger partial charge in [0.05, 0.1) is 24.3 Å². The lowest BCUT2D eigenvalue weighted by atomic mass is 9.86. The van der Waals surface area contributed by atoms with Crippen LogP contribution in [-0.4, -0.2) is 43.4 Å². The molecule has 4 nitrogen and oxygen atoms in total. The lowest BCUT2D eigenvalue weighted by Gasteiger charge is -2.24. The van der Waals surface area contributed by atoms with Crippen molar-refractivity contribution in [2.75, 3.05) is 27.4 Å². The molecule has 146 valence electrons. The highest BCUT2D eigenvalue weighted by molar-refractivity contribution is 6.42. The van der Waals surface area contributed by atoms with Crippen LogP contribution >= 0.6 is 23.2 Å². The van der Waals surface area contributed by atoms with Crippen LogP contribution in [0.25, 0.3) is 0 Å². The molecule has 27 heavy (non-hydrogen) atoms. The lowest BCUT2D eigenvalue weighted by Crippen LogP contribution is -2.31. The Morgan fingerprint density at radius 2 is 1.85 bits per heavy atom. The predicted octanol–water partition coefficient (Wildman–Crippen LogP) is 4.61. The van der Waals surface area contributed by atoms with E-state index in [1.54, 1.807) is 14.2 Å². The third-order valence-corrected chi connectivity index (χ3v) is 6.33. The topological polar surface area (TPSA) is 41.9 Å². The van der Waals surface area contributed by atoms with Gasteiger partial charge in [0.2, 0.25) is 0 Å². The number of rotatable bonds is 6. The molecule has 6 heteroatoms. The Morgan fingerprint density at radius 3 is 2.48 bits per heavy atom. The first-order chi connectivity index (χ1) is 13.0. The minimum Gasteiger partial charge on any atom is -0.497 e. The van der Waals surface area contributed by atoms with Gasteiger partial charge in [-0.25, -0.2) is 0 Å². The standard InChI is InChI=1S/C21H25Cl2NO3/c1-13-18(12-25)17(14-5-7-19(22)20(23)8-14)11-24(13)10-15-4-6-16(26-2)9-21(15)27-3/h4-9,13,17-18,25H,10-12H2,1-3H3/t13-,17?,18?/m1/s1. The maximum atomic E-state index is 10.0. The second-order valence-corrected chi connectivity index (χ2v) is 7.79. The van der Waals surface area contributed by atoms with E-state index in [2.05, 4.69) is 11.8 Å². The summed E-state index contributed by atoms with van der Waals surface area (Å²) in [6.45, 7) is 3.86. The zero-order valence-electron chi connectivity index (χ0n) is 15.8. The Hall–Kier alpha value is -1.46. The van der Waals surface area contributed by atoms with E-state index in [0.29, 0.717) is 10.0 Å². The summed E-state index contributed by atoms with van der Waals surface area (Å²) in [5.41, 5.74) is 2.20. The van der Waals surface area contributed by atoms with Crippen molar-refractivity contribution in [3.05, 3.63) is 57.6 Å². The molecule has 0 aliphatic carbocycles. The molecule has 0 saturated carbocycles. The maximum absolute atomic E-state index is 10.0. The van der Waals surface area contributed by atoms with Crippen LogP contribution in [0.2, 0.25) is 10.0 Å². The van der Waals surface area contributed by atoms with Gasteiger partial charge >= 0.3 is 0 Å². The minimum atomic E-state index is 0.127. The zero-order chi connectivity index (χ0) is 19.6. The molecule has 3 rings (SSSR count). The Morgan fingerprint density at radius 1 is 1.07 bits per heavy atom. The van der Waals surface area contributed by atoms with Gasteiger partial charge in [0, 0.05) is 49.2 Å². The molecule has 0 bridgehead atoms. The van der Waals surface area contributed by atoms with Crippen molar-refractivity contribution in [3.63, 3.8) is 0 Å². The van der Waals surface area contributed by atoms with E-state index in [-0.39, 0.29) is 24.5 Å². The number of ether oxygens (including phenoxy) is 2. The van der Waals surface area contributed by atoms with Crippen molar-refractivity contribution in [2.45, 2.75) is 25.4 Å². The smallest absolute Gasteiger partial charge is 0.127 e. The number of benzene rings is 2. The Balaban J connectivity index is 1.84. The molecule has 1 saturated heterocycles. The molecule has 2 unspecified atom stereocenters. The van der Waals surface area contributed by atoms with Gasteiger partial charge in [-0.1, -0.05) is 35.3 Å². The van der Waals surface area contributed by atoms with Crippen LogP contribution < -0.4 is 9.47 Å². The number of nitrogens with zero attached hydrogens (tertiary/aromatic N) is 1. The van der Waals surface area contributed by atoms with E-state index >= 15 is 0 Å². The number of halogens is 2. The van der Waals surface area contributed by atoms with Gasteiger partial charge < -0.3 is 14.6 Å². The number of aliphatic hydroxyl groups excluding tert-OH is 1. The Kier molecular flexibility index (Phi) is 6.53. The fourth-order valence-corrected chi connectivity index (χ4v) is 4.25. The first-order valence-electron chi connectivity index (χ1n) is 8.99. The zero-order valence-corrected chi connectivity index (χ0v) is 17.3. The van der Waals surface area contributed by atoms with Crippen molar-refractivity contribution in [1.82, 2.24) is 4.90 Å². The third-order valence-electron chi connectivity index (χ3n) is 5.59. The molecule has 0 aromatic heterocycles. The normalized spacial score (nSPS) is 22.8. The maximum Gasteiger partial charge on any atom is 0.127 e. The van der Waals surface area contributed by atoms with E-state index in [0.717, 1.165) is 35.7 Å². The van der Waals surface area contributed by atoms with Gasteiger partial charge in [-0.3, -0.25) is 4.90 Å². The molecule has 1 fully saturated rings. The second kappa shape index (κ2) is 8.70. The quantitative estimate of drug-likeness (QED) is 0.756. The molecule has 1 N–H and O–H groups in total. The number of methoxy groups -OCH3 is 2. The molecule has 0 radical (unpaired) electrons. The summed E-state index contributed by atoms with van der Waals surface area (Å²) >= 11 is 12.3. The van der Waals surface area contributed by atoms with Crippen molar-refractivity contribution >= 4 is 23.2 Å². The summed E-state index contributed by atoms with van der Waals surface area (Å²) in [6.07, 6.45) is 0. The van der Waals surface area contributed by atoms with Crippen LogP contribution in [0, 0.1) is 5.92 Å². The van der Waals surface area contributed by atoms with Crippen LogP contribution in [0.5, 0.6) is 11.5 Å². The minimum absolute atomic E-state index is 0.127. The van der Waals surface area contributed by atoms with E-state index in [1.165, 1.54) is 0 Å². The van der Waals surface area contributed by atoms with Gasteiger partial charge in [0.15, 0.2) is 0 Å². The molecule has 2 aromatic carbocycles. The highest BCUT2D eigenvalue weighted by Crippen LogP contribution is 2.40. The number of likely N-dealkylation sites (tertiary alicyclic amines) is 1. The highest BCUT2D eigenvalue weighted by Gasteiger charge is 2.39. The first-order valence-corrected chi connectivity index (χ1v) is 9.74. The average molecular weight is 410 g/mol. The van der Waals surface area contributed by atoms with E-state index in [4.69, 9.17) is 32.7 Å². The van der Waals surface area contributed by atoms with Crippen LogP contribution in [-0.2, 0) is 6.54 Å². The molecular formula is C21H25Cl2NO3. The summed E-state index contributed by atoms with van der Waals surface area (Å²) in [5, 5.41) is 11.1. The van der Waals surface area contributed by atoms with E-state index < -0.39 is 0 Å². The molecule has 2 aromatic rings. The van der Waals surface area contributed by atoms with Gasteiger partial charge in [-0.15, -0.1) is 0 Å². The number of aliphatic hydroxyl groups is 1. The summed E-state index contributed by atoms with van der Waals surface area (Å²) < 4.78 is 10.8. The Bertz CT molecular complexity index is 799. The fourth-order valence-electron chi connectivity index (χ4n) is 3.95. The van der Waals surface area contributed by atoms with E-state index in [9.17, 15) is 5.11 Å². The summed E-state index contributed by atoms with van der Waals surface area (Å²) in [5.74, 6) is 1.91. The SMILES string of the molecule is COc1ccc(CN2CC(c3ccc(Cl)c(Cl)c3)C(CO)[C@H]2C)c(OC)c1. The van der Waals surface area contributed by atoms with Crippen LogP contribution in [0.3, 0.4) is 0 Å². The highest BCUT2D eigenvalue weighted by atomic mass is 35.5. The molecule has 1 aliphatic rings. The predicted molar refractivity (Wildman–Crippen MR) is 109 cm³/mol. The second-order valence-electron chi connectivity index (χ2n) is 6.97. The van der Waals surface area contributed by atoms with Crippen molar-refractivity contribution in [1.29, 1.82) is 0 Å². The largest absolute Gasteiger partial charge is 0.497 e. The summed E-state index contributed by atoms with van der Waals surface area (Å²) in [6, 6.07) is 11.8. The molecule has 1 aliphatic heterocycles. The van der Waals surface area contributed by atoms with Crippen molar-refractivity contribution in [3.8, 4) is 11.5 Å². The summed E-state index contributed by atoms with van der Waals surface area (Å²) in [7, 11) is 3.31. The van der Waals surface area contributed by atoms with Crippen LogP contribution in [0.15, 0.2) is 36.4 Å².